The molecule has 6 heteroatoms. The van der Waals surface area contributed by atoms with Gasteiger partial charge in [0.05, 0.1) is 27.9 Å². The van der Waals surface area contributed by atoms with Crippen molar-refractivity contribution in [3.63, 3.8) is 0 Å². The second-order valence-electron chi connectivity index (χ2n) is 4.61. The van der Waals surface area contributed by atoms with Crippen LogP contribution in [0.5, 0.6) is 0 Å². The summed E-state index contributed by atoms with van der Waals surface area (Å²) in [7, 11) is 1.83. The van der Waals surface area contributed by atoms with E-state index in [0.29, 0.717) is 5.69 Å². The molecule has 0 aliphatic rings. The Balaban J connectivity index is 2.37. The predicted molar refractivity (Wildman–Crippen MR) is 78.9 cm³/mol. The van der Waals surface area contributed by atoms with Gasteiger partial charge in [0, 0.05) is 25.4 Å². The van der Waals surface area contributed by atoms with Crippen molar-refractivity contribution in [3.05, 3.63) is 64.0 Å². The van der Waals surface area contributed by atoms with Gasteiger partial charge in [0.15, 0.2) is 0 Å². The highest BCUT2D eigenvalue weighted by Gasteiger charge is 2.18. The van der Waals surface area contributed by atoms with Gasteiger partial charge in [0.2, 0.25) is 0 Å². The van der Waals surface area contributed by atoms with Crippen LogP contribution in [0.1, 0.15) is 24.2 Å². The van der Waals surface area contributed by atoms with E-state index in [1.54, 1.807) is 12.3 Å². The van der Waals surface area contributed by atoms with Gasteiger partial charge in [-0.25, -0.2) is 0 Å². The van der Waals surface area contributed by atoms with Crippen molar-refractivity contribution in [2.45, 2.75) is 13.0 Å². The number of benzene rings is 1. The number of nitro groups is 1. The second-order valence-corrected chi connectivity index (χ2v) is 4.61. The van der Waals surface area contributed by atoms with E-state index in [0.717, 1.165) is 5.69 Å². The topological polar surface area (TPSA) is 83.1 Å². The van der Waals surface area contributed by atoms with Crippen LogP contribution in [-0.2, 0) is 0 Å². The normalized spacial score (nSPS) is 11.5. The molecule has 1 heterocycles. The first-order valence-corrected chi connectivity index (χ1v) is 6.37. The molecule has 0 aliphatic heterocycles. The smallest absolute Gasteiger partial charge is 0.270 e. The molecular weight excluding hydrogens is 268 g/mol. The van der Waals surface area contributed by atoms with E-state index < -0.39 is 4.92 Å². The monoisotopic (exact) mass is 282 g/mol. The molecule has 0 N–H and O–H groups in total. The van der Waals surface area contributed by atoms with Crippen molar-refractivity contribution < 1.29 is 4.92 Å². The van der Waals surface area contributed by atoms with Crippen molar-refractivity contribution in [1.29, 1.82) is 5.26 Å². The number of nitriles is 1. The summed E-state index contributed by atoms with van der Waals surface area (Å²) in [6.07, 6.45) is 1.71. The Morgan fingerprint density at radius 3 is 2.71 bits per heavy atom. The fraction of sp³-hybridized carbons (Fsp3) is 0.200. The lowest BCUT2D eigenvalue weighted by molar-refractivity contribution is -0.384. The quantitative estimate of drug-likeness (QED) is 0.635. The van der Waals surface area contributed by atoms with Crippen LogP contribution in [-0.4, -0.2) is 17.0 Å². The van der Waals surface area contributed by atoms with Gasteiger partial charge in [-0.3, -0.25) is 15.1 Å². The number of non-ortho nitro benzene ring substituents is 1. The summed E-state index contributed by atoms with van der Waals surface area (Å²) < 4.78 is 0. The maximum atomic E-state index is 10.8. The lowest BCUT2D eigenvalue weighted by Gasteiger charge is -2.27. The van der Waals surface area contributed by atoms with Crippen molar-refractivity contribution in [1.82, 2.24) is 4.98 Å². The van der Waals surface area contributed by atoms with E-state index in [-0.39, 0.29) is 17.3 Å². The first-order valence-electron chi connectivity index (χ1n) is 6.37. The molecular formula is C15H14N4O2. The van der Waals surface area contributed by atoms with Gasteiger partial charge in [-0.1, -0.05) is 6.07 Å². The number of aromatic nitrogens is 1. The summed E-state index contributed by atoms with van der Waals surface area (Å²) in [5, 5.41) is 20.0. The van der Waals surface area contributed by atoms with E-state index in [2.05, 4.69) is 4.98 Å². The highest BCUT2D eigenvalue weighted by Crippen LogP contribution is 2.29. The van der Waals surface area contributed by atoms with Gasteiger partial charge in [0.25, 0.3) is 5.69 Å². The van der Waals surface area contributed by atoms with Crippen molar-refractivity contribution in [3.8, 4) is 6.07 Å². The summed E-state index contributed by atoms with van der Waals surface area (Å²) in [4.78, 5) is 16.4. The molecule has 0 bridgehead atoms. The predicted octanol–water partition coefficient (Wildman–Crippen LogP) is 3.06. The first-order chi connectivity index (χ1) is 10.0. The van der Waals surface area contributed by atoms with Crippen LogP contribution in [0.3, 0.4) is 0 Å². The molecule has 2 rings (SSSR count). The number of hydrogen-bond donors (Lipinski definition) is 0. The molecule has 106 valence electrons. The van der Waals surface area contributed by atoms with E-state index in [1.807, 2.05) is 43.1 Å². The van der Waals surface area contributed by atoms with E-state index in [1.165, 1.54) is 12.1 Å². The summed E-state index contributed by atoms with van der Waals surface area (Å²) in [5.41, 5.74) is 1.69. The summed E-state index contributed by atoms with van der Waals surface area (Å²) in [6, 6.07) is 11.9. The highest BCUT2D eigenvalue weighted by molar-refractivity contribution is 5.63. The van der Waals surface area contributed by atoms with Crippen LogP contribution >= 0.6 is 0 Å². The summed E-state index contributed by atoms with van der Waals surface area (Å²) >= 11 is 0. The van der Waals surface area contributed by atoms with Crippen molar-refractivity contribution in [2.24, 2.45) is 0 Å². The molecule has 6 nitrogen and oxygen atoms in total. The van der Waals surface area contributed by atoms with Gasteiger partial charge in [-0.05, 0) is 25.1 Å². The number of pyridine rings is 1. The molecule has 1 aromatic heterocycles. The molecule has 0 saturated heterocycles. The third kappa shape index (κ3) is 2.98. The fourth-order valence-corrected chi connectivity index (χ4v) is 2.06. The fourth-order valence-electron chi connectivity index (χ4n) is 2.06. The van der Waals surface area contributed by atoms with Crippen LogP contribution in [0, 0.1) is 21.4 Å². The van der Waals surface area contributed by atoms with Crippen LogP contribution in [0.2, 0.25) is 0 Å². The summed E-state index contributed by atoms with van der Waals surface area (Å²) in [6.45, 7) is 1.96. The number of rotatable bonds is 4. The minimum absolute atomic E-state index is 0.0558. The molecule has 0 amide bonds. The Hall–Kier alpha value is -2.94. The average Bonchev–Trinajstić information content (AvgIpc) is 2.53. The van der Waals surface area contributed by atoms with Gasteiger partial charge in [0.1, 0.15) is 6.07 Å². The van der Waals surface area contributed by atoms with Crippen molar-refractivity contribution in [2.75, 3.05) is 11.9 Å². The maximum Gasteiger partial charge on any atom is 0.270 e. The molecule has 0 radical (unpaired) electrons. The van der Waals surface area contributed by atoms with E-state index in [4.69, 9.17) is 0 Å². The zero-order chi connectivity index (χ0) is 15.4. The molecule has 1 unspecified atom stereocenters. The average molecular weight is 282 g/mol. The van der Waals surface area contributed by atoms with Gasteiger partial charge < -0.3 is 4.90 Å². The maximum absolute atomic E-state index is 10.8. The van der Waals surface area contributed by atoms with Gasteiger partial charge in [-0.15, -0.1) is 0 Å². The number of hydrogen-bond acceptors (Lipinski definition) is 5. The molecule has 0 saturated carbocycles. The third-order valence-electron chi connectivity index (χ3n) is 3.39. The van der Waals surface area contributed by atoms with E-state index in [9.17, 15) is 15.4 Å². The SMILES string of the molecule is CC(c1ccccn1)N(C)c1ccc([N+](=O)[O-])cc1C#N. The molecule has 2 aromatic rings. The standard InChI is InChI=1S/C15H14N4O2/c1-11(14-5-3-4-8-17-14)18(2)15-7-6-13(19(20)21)9-12(15)10-16/h3-9,11H,1-2H3. The van der Waals surface area contributed by atoms with Gasteiger partial charge >= 0.3 is 0 Å². The molecule has 0 aliphatic carbocycles. The number of nitro benzene ring substituents is 1. The minimum Gasteiger partial charge on any atom is -0.365 e. The number of nitrogens with zero attached hydrogens (tertiary/aromatic N) is 4. The van der Waals surface area contributed by atoms with Crippen LogP contribution in [0.15, 0.2) is 42.6 Å². The molecule has 1 atom stereocenters. The van der Waals surface area contributed by atoms with Crippen LogP contribution in [0.25, 0.3) is 0 Å². The highest BCUT2D eigenvalue weighted by atomic mass is 16.6. The van der Waals surface area contributed by atoms with Gasteiger partial charge in [-0.2, -0.15) is 5.26 Å². The zero-order valence-corrected chi connectivity index (χ0v) is 11.7. The van der Waals surface area contributed by atoms with E-state index >= 15 is 0 Å². The summed E-state index contributed by atoms with van der Waals surface area (Å²) in [5.74, 6) is 0. The Morgan fingerprint density at radius 1 is 1.38 bits per heavy atom. The molecule has 0 spiro atoms. The Labute approximate surface area is 122 Å². The Morgan fingerprint density at radius 2 is 2.14 bits per heavy atom. The first kappa shape index (κ1) is 14.5. The van der Waals surface area contributed by atoms with Crippen molar-refractivity contribution >= 4 is 11.4 Å². The lowest BCUT2D eigenvalue weighted by Crippen LogP contribution is -2.23. The molecule has 0 fully saturated rings. The number of anilines is 1. The Bertz CT molecular complexity index is 695. The van der Waals surface area contributed by atoms with Crippen LogP contribution in [0.4, 0.5) is 11.4 Å². The van der Waals surface area contributed by atoms with Crippen LogP contribution < -0.4 is 4.90 Å². The molecule has 21 heavy (non-hydrogen) atoms. The largest absolute Gasteiger partial charge is 0.365 e. The zero-order valence-electron chi connectivity index (χ0n) is 11.7. The second kappa shape index (κ2) is 6.01. The third-order valence-corrected chi connectivity index (χ3v) is 3.39. The molecule has 1 aromatic carbocycles. The lowest BCUT2D eigenvalue weighted by atomic mass is 10.1. The minimum atomic E-state index is -0.507. The Kier molecular flexibility index (Phi) is 4.14.